The number of methoxy groups -OCH3 is 1. The van der Waals surface area contributed by atoms with Gasteiger partial charge in [0.1, 0.15) is 0 Å². The Kier molecular flexibility index (Phi) is 6.40. The van der Waals surface area contributed by atoms with Crippen LogP contribution in [-0.2, 0) is 14.3 Å². The van der Waals surface area contributed by atoms with Gasteiger partial charge < -0.3 is 10.1 Å². The zero-order valence-electron chi connectivity index (χ0n) is 8.12. The summed E-state index contributed by atoms with van der Waals surface area (Å²) in [7, 11) is 1.19. The summed E-state index contributed by atoms with van der Waals surface area (Å²) in [5.41, 5.74) is 0. The minimum absolute atomic E-state index is 0.0130. The number of thioether (sulfide) groups is 1. The van der Waals surface area contributed by atoms with Crippen LogP contribution in [0, 0.1) is 0 Å². The van der Waals surface area contributed by atoms with Gasteiger partial charge >= 0.3 is 11.9 Å². The summed E-state index contributed by atoms with van der Waals surface area (Å²) < 4.78 is 4.26. The molecule has 76 valence electrons. The molecule has 4 nitrogen and oxygen atoms in total. The average Bonchev–Trinajstić information content (AvgIpc) is 2.13. The van der Waals surface area contributed by atoms with E-state index in [1.807, 2.05) is 13.2 Å². The van der Waals surface area contributed by atoms with Gasteiger partial charge in [-0.05, 0) is 25.4 Å². The van der Waals surface area contributed by atoms with E-state index in [4.69, 9.17) is 0 Å². The quantitative estimate of drug-likeness (QED) is 0.534. The molecule has 0 heterocycles. The first-order valence-electron chi connectivity index (χ1n) is 3.99. The minimum Gasteiger partial charge on any atom is -0.462 e. The molecule has 5 heteroatoms. The molecular weight excluding hydrogens is 190 g/mol. The lowest BCUT2D eigenvalue weighted by atomic mass is 10.2. The number of nitrogens with one attached hydrogen (secondary N) is 1. The normalized spacial score (nSPS) is 11.9. The van der Waals surface area contributed by atoms with Crippen LogP contribution in [0.5, 0.6) is 0 Å². The maximum atomic E-state index is 11.0. The fraction of sp³-hybridized carbons (Fsp3) is 0.750. The van der Waals surface area contributed by atoms with Gasteiger partial charge in [-0.2, -0.15) is 11.8 Å². The van der Waals surface area contributed by atoms with Crippen molar-refractivity contribution in [2.75, 3.05) is 19.1 Å². The standard InChI is InChI=1S/C8H15NO3S/c1-6(4-5-13-3)9-7(10)8(11)12-2/h6H,4-5H2,1-3H3,(H,9,10). The van der Waals surface area contributed by atoms with Crippen LogP contribution >= 0.6 is 11.8 Å². The van der Waals surface area contributed by atoms with Gasteiger partial charge in [0, 0.05) is 6.04 Å². The first kappa shape index (κ1) is 12.3. The van der Waals surface area contributed by atoms with Gasteiger partial charge in [0.25, 0.3) is 0 Å². The highest BCUT2D eigenvalue weighted by atomic mass is 32.2. The number of carbonyl (C=O) groups is 2. The van der Waals surface area contributed by atoms with Gasteiger partial charge in [0.15, 0.2) is 0 Å². The zero-order valence-corrected chi connectivity index (χ0v) is 8.94. The molecule has 0 aliphatic carbocycles. The Morgan fingerprint density at radius 2 is 2.15 bits per heavy atom. The third-order valence-corrected chi connectivity index (χ3v) is 2.15. The Labute approximate surface area is 82.4 Å². The van der Waals surface area contributed by atoms with E-state index < -0.39 is 11.9 Å². The number of rotatable bonds is 4. The maximum Gasteiger partial charge on any atom is 0.396 e. The Morgan fingerprint density at radius 3 is 2.62 bits per heavy atom. The number of hydrogen-bond donors (Lipinski definition) is 1. The Bertz CT molecular complexity index is 184. The van der Waals surface area contributed by atoms with E-state index in [9.17, 15) is 9.59 Å². The Hall–Kier alpha value is -0.710. The summed E-state index contributed by atoms with van der Waals surface area (Å²) in [5.74, 6) is -0.546. The molecule has 0 saturated carbocycles. The number of hydrogen-bond acceptors (Lipinski definition) is 4. The van der Waals surface area contributed by atoms with Crippen LogP contribution in [0.25, 0.3) is 0 Å². The molecule has 0 bridgehead atoms. The molecule has 0 radical (unpaired) electrons. The summed E-state index contributed by atoms with van der Waals surface area (Å²) in [6.07, 6.45) is 2.85. The van der Waals surface area contributed by atoms with Crippen LogP contribution in [0.1, 0.15) is 13.3 Å². The average molecular weight is 205 g/mol. The van der Waals surface area contributed by atoms with Gasteiger partial charge in [-0.1, -0.05) is 0 Å². The molecule has 1 unspecified atom stereocenters. The fourth-order valence-corrected chi connectivity index (χ4v) is 1.33. The van der Waals surface area contributed by atoms with Crippen LogP contribution in [-0.4, -0.2) is 37.0 Å². The highest BCUT2D eigenvalue weighted by Crippen LogP contribution is 1.99. The number of ether oxygens (including phenoxy) is 1. The number of amides is 1. The Balaban J connectivity index is 3.71. The van der Waals surface area contributed by atoms with Crippen LogP contribution in [0.3, 0.4) is 0 Å². The van der Waals surface area contributed by atoms with Crippen molar-refractivity contribution >= 4 is 23.6 Å². The van der Waals surface area contributed by atoms with Crippen molar-refractivity contribution in [1.82, 2.24) is 5.32 Å². The van der Waals surface area contributed by atoms with Crippen LogP contribution in [0.15, 0.2) is 0 Å². The predicted octanol–water partition coefficient (Wildman–Crippen LogP) is 0.417. The third-order valence-electron chi connectivity index (χ3n) is 1.50. The van der Waals surface area contributed by atoms with Gasteiger partial charge in [-0.15, -0.1) is 0 Å². The topological polar surface area (TPSA) is 55.4 Å². The second-order valence-electron chi connectivity index (χ2n) is 2.65. The molecule has 1 N–H and O–H groups in total. The molecule has 0 rings (SSSR count). The van der Waals surface area contributed by atoms with Crippen molar-refractivity contribution in [2.45, 2.75) is 19.4 Å². The smallest absolute Gasteiger partial charge is 0.396 e. The van der Waals surface area contributed by atoms with Gasteiger partial charge in [-0.3, -0.25) is 4.79 Å². The highest BCUT2D eigenvalue weighted by Gasteiger charge is 2.15. The van der Waals surface area contributed by atoms with E-state index in [-0.39, 0.29) is 6.04 Å². The number of carbonyl (C=O) groups excluding carboxylic acids is 2. The van der Waals surface area contributed by atoms with E-state index in [1.54, 1.807) is 11.8 Å². The predicted molar refractivity (Wildman–Crippen MR) is 52.6 cm³/mol. The van der Waals surface area contributed by atoms with Gasteiger partial charge in [0.2, 0.25) is 0 Å². The first-order valence-corrected chi connectivity index (χ1v) is 5.39. The second-order valence-corrected chi connectivity index (χ2v) is 3.63. The van der Waals surface area contributed by atoms with Gasteiger partial charge in [-0.25, -0.2) is 4.79 Å². The molecule has 1 amide bonds. The summed E-state index contributed by atoms with van der Waals surface area (Å²) in [6, 6.07) is 0.0130. The Morgan fingerprint density at radius 1 is 1.54 bits per heavy atom. The molecule has 0 fully saturated rings. The van der Waals surface area contributed by atoms with Crippen molar-refractivity contribution in [1.29, 1.82) is 0 Å². The molecule has 0 aromatic heterocycles. The summed E-state index contributed by atoms with van der Waals surface area (Å²) >= 11 is 1.70. The van der Waals surface area contributed by atoms with Crippen LogP contribution in [0.4, 0.5) is 0 Å². The lowest BCUT2D eigenvalue weighted by Gasteiger charge is -2.11. The van der Waals surface area contributed by atoms with Crippen molar-refractivity contribution in [3.05, 3.63) is 0 Å². The first-order chi connectivity index (χ1) is 6.11. The number of esters is 1. The molecule has 0 aliphatic rings. The molecule has 0 aliphatic heterocycles. The van der Waals surface area contributed by atoms with E-state index in [0.29, 0.717) is 0 Å². The largest absolute Gasteiger partial charge is 0.462 e. The van der Waals surface area contributed by atoms with E-state index in [1.165, 1.54) is 7.11 Å². The summed E-state index contributed by atoms with van der Waals surface area (Å²) in [5, 5.41) is 2.54. The fourth-order valence-electron chi connectivity index (χ4n) is 0.742. The maximum absolute atomic E-state index is 11.0. The molecule has 0 aromatic carbocycles. The van der Waals surface area contributed by atoms with Crippen molar-refractivity contribution in [3.8, 4) is 0 Å². The summed E-state index contributed by atoms with van der Waals surface area (Å²) in [6.45, 7) is 1.86. The van der Waals surface area contributed by atoms with E-state index >= 15 is 0 Å². The van der Waals surface area contributed by atoms with Crippen LogP contribution < -0.4 is 5.32 Å². The molecule has 0 aromatic rings. The third kappa shape index (κ3) is 5.52. The monoisotopic (exact) mass is 205 g/mol. The van der Waals surface area contributed by atoms with Crippen molar-refractivity contribution in [3.63, 3.8) is 0 Å². The molecule has 13 heavy (non-hydrogen) atoms. The molecule has 0 saturated heterocycles. The zero-order chi connectivity index (χ0) is 10.3. The molecule has 0 spiro atoms. The SMILES string of the molecule is COC(=O)C(=O)NC(C)CCSC. The van der Waals surface area contributed by atoms with E-state index in [2.05, 4.69) is 10.1 Å². The summed E-state index contributed by atoms with van der Waals surface area (Å²) in [4.78, 5) is 21.6. The second kappa shape index (κ2) is 6.77. The molecular formula is C8H15NO3S. The van der Waals surface area contributed by atoms with E-state index in [0.717, 1.165) is 12.2 Å². The van der Waals surface area contributed by atoms with Crippen molar-refractivity contribution < 1.29 is 14.3 Å². The highest BCUT2D eigenvalue weighted by molar-refractivity contribution is 7.98. The lowest BCUT2D eigenvalue weighted by Crippen LogP contribution is -2.38. The van der Waals surface area contributed by atoms with Crippen LogP contribution in [0.2, 0.25) is 0 Å². The van der Waals surface area contributed by atoms with Crippen molar-refractivity contribution in [2.24, 2.45) is 0 Å². The molecule has 1 atom stereocenters. The van der Waals surface area contributed by atoms with Gasteiger partial charge in [0.05, 0.1) is 7.11 Å². The minimum atomic E-state index is -0.837. The lowest BCUT2D eigenvalue weighted by molar-refractivity contribution is -0.153.